The van der Waals surface area contributed by atoms with E-state index in [1.165, 1.54) is 35.4 Å². The normalized spacial score (nSPS) is 13.2. The topological polar surface area (TPSA) is 159 Å². The van der Waals surface area contributed by atoms with Crippen molar-refractivity contribution in [3.63, 3.8) is 0 Å². The summed E-state index contributed by atoms with van der Waals surface area (Å²) in [5, 5.41) is 10.4. The van der Waals surface area contributed by atoms with Crippen molar-refractivity contribution in [2.24, 2.45) is 0 Å². The first-order valence-electron chi connectivity index (χ1n) is 9.23. The Kier molecular flexibility index (Phi) is 9.20. The van der Waals surface area contributed by atoms with Gasteiger partial charge < -0.3 is 25.5 Å². The van der Waals surface area contributed by atoms with Crippen molar-refractivity contribution < 1.29 is 33.2 Å². The van der Waals surface area contributed by atoms with Crippen molar-refractivity contribution in [2.45, 2.75) is 26.8 Å². The predicted octanol–water partition coefficient (Wildman–Crippen LogP) is 2.40. The van der Waals surface area contributed by atoms with Crippen molar-refractivity contribution in [3.05, 3.63) is 63.8 Å². The number of carbonyl (C=O) groups excluding carboxylic acids is 1. The van der Waals surface area contributed by atoms with Crippen LogP contribution in [0.2, 0.25) is 0 Å². The highest BCUT2D eigenvalue weighted by atomic mass is 32.1. The zero-order valence-electron chi connectivity index (χ0n) is 17.3. The average Bonchev–Trinajstić information content (AvgIpc) is 2.71. The minimum absolute atomic E-state index is 0.00598. The molecule has 5 N–H and O–H groups in total. The Morgan fingerprint density at radius 1 is 1.34 bits per heavy atom. The SMILES string of the molecule is C/C(=C(CCOP(=O)(O)O)/[SH]=C(\O)c1ccc(F)cc1)N(C=O)Cc1cnc(C)nc1N. The molecule has 0 unspecified atom stereocenters. The van der Waals surface area contributed by atoms with Crippen molar-refractivity contribution in [1.29, 1.82) is 0 Å². The molecule has 174 valence electrons. The van der Waals surface area contributed by atoms with Gasteiger partial charge in [0, 0.05) is 34.3 Å². The number of phosphoric ester groups is 1. The smallest absolute Gasteiger partial charge is 0.383 e. The van der Waals surface area contributed by atoms with Gasteiger partial charge in [0.25, 0.3) is 0 Å². The molecule has 2 rings (SSSR count). The number of phosphoric acid groups is 1. The highest BCUT2D eigenvalue weighted by Gasteiger charge is 2.17. The molecule has 0 radical (unpaired) electrons. The third kappa shape index (κ3) is 7.90. The number of aromatic nitrogens is 2. The van der Waals surface area contributed by atoms with Gasteiger partial charge in [0.1, 0.15) is 22.5 Å². The Labute approximate surface area is 187 Å². The molecule has 0 fully saturated rings. The van der Waals surface area contributed by atoms with Crippen LogP contribution in [0.25, 0.3) is 0 Å². The number of aliphatic hydroxyl groups is 1. The fraction of sp³-hybridized carbons (Fsp3) is 0.263. The van der Waals surface area contributed by atoms with Crippen LogP contribution in [0, 0.1) is 12.7 Å². The molecular formula is C19H24FN4O6PS. The van der Waals surface area contributed by atoms with Gasteiger partial charge in [0.15, 0.2) is 0 Å². The summed E-state index contributed by atoms with van der Waals surface area (Å²) in [4.78, 5) is 39.6. The minimum Gasteiger partial charge on any atom is -0.383 e. The molecule has 1 heterocycles. The van der Waals surface area contributed by atoms with Crippen LogP contribution in [0.5, 0.6) is 0 Å². The quantitative estimate of drug-likeness (QED) is 0.147. The first-order chi connectivity index (χ1) is 15.0. The number of halogens is 1. The first kappa shape index (κ1) is 25.8. The van der Waals surface area contributed by atoms with Gasteiger partial charge in [-0.05, 0) is 38.1 Å². The fourth-order valence-electron chi connectivity index (χ4n) is 2.59. The molecule has 0 bridgehead atoms. The van der Waals surface area contributed by atoms with Crippen LogP contribution in [-0.2, 0) is 20.4 Å². The number of hydrogen-bond donors (Lipinski definition) is 5. The maximum Gasteiger partial charge on any atom is 0.469 e. The molecule has 13 heteroatoms. The van der Waals surface area contributed by atoms with Crippen LogP contribution < -0.4 is 5.73 Å². The number of thiol groups is 1. The third-order valence-corrected chi connectivity index (χ3v) is 6.08. The fourth-order valence-corrected chi connectivity index (χ4v) is 3.95. The Bertz CT molecular complexity index is 1070. The second kappa shape index (κ2) is 11.4. The Balaban J connectivity index is 2.40. The number of carbonyl (C=O) groups is 1. The average molecular weight is 486 g/mol. The highest BCUT2D eigenvalue weighted by molar-refractivity contribution is 8.02. The van der Waals surface area contributed by atoms with Crippen LogP contribution in [0.1, 0.15) is 30.3 Å². The number of aryl methyl sites for hydroxylation is 1. The highest BCUT2D eigenvalue weighted by Crippen LogP contribution is 2.36. The third-order valence-electron chi connectivity index (χ3n) is 4.28. The number of aliphatic hydroxyl groups excluding tert-OH is 1. The molecule has 10 nitrogen and oxygen atoms in total. The number of nitrogens with zero attached hydrogens (tertiary/aromatic N) is 3. The van der Waals surface area contributed by atoms with Gasteiger partial charge in [-0.15, -0.1) is 11.4 Å². The van der Waals surface area contributed by atoms with E-state index in [-0.39, 0.29) is 41.8 Å². The molecule has 0 spiro atoms. The van der Waals surface area contributed by atoms with Gasteiger partial charge >= 0.3 is 7.82 Å². The molecule has 32 heavy (non-hydrogen) atoms. The van der Waals surface area contributed by atoms with E-state index in [1.807, 2.05) is 0 Å². The van der Waals surface area contributed by atoms with Crippen LogP contribution >= 0.6 is 19.2 Å². The molecule has 0 aliphatic carbocycles. The van der Waals surface area contributed by atoms with Gasteiger partial charge in [-0.2, -0.15) is 0 Å². The number of benzene rings is 1. The molecule has 1 aromatic heterocycles. The largest absolute Gasteiger partial charge is 0.469 e. The lowest BCUT2D eigenvalue weighted by Gasteiger charge is -2.22. The molecular weight excluding hydrogens is 462 g/mol. The summed E-state index contributed by atoms with van der Waals surface area (Å²) in [5.41, 5.74) is 7.16. The number of nitrogen functional groups attached to an aromatic ring is 1. The van der Waals surface area contributed by atoms with Gasteiger partial charge in [0.2, 0.25) is 6.41 Å². The van der Waals surface area contributed by atoms with E-state index in [0.717, 1.165) is 0 Å². The standard InChI is InChI=1S/C19H24FN4O6PS/c1-12(24(11-25)10-15-9-22-13(2)23-18(15)21)17(7-8-30-31(27,28)29)32-19(26)14-3-5-16(20)6-4-14/h3-6,9,11,26,32H,7-8,10H2,1-2H3,(H2,21,22,23)(H2,27,28,29)/b17-12-. The predicted molar refractivity (Wildman–Crippen MR) is 120 cm³/mol. The Hall–Kier alpha value is -2.47. The lowest BCUT2D eigenvalue weighted by atomic mass is 10.2. The molecule has 0 aliphatic rings. The maximum atomic E-state index is 13.2. The van der Waals surface area contributed by atoms with Crippen molar-refractivity contribution in [1.82, 2.24) is 14.9 Å². The van der Waals surface area contributed by atoms with Crippen LogP contribution in [0.4, 0.5) is 10.2 Å². The lowest BCUT2D eigenvalue weighted by molar-refractivity contribution is -0.116. The summed E-state index contributed by atoms with van der Waals surface area (Å²) in [6.45, 7) is 2.96. The summed E-state index contributed by atoms with van der Waals surface area (Å²) in [6.07, 6.45) is 2.05. The van der Waals surface area contributed by atoms with Crippen molar-refractivity contribution in [2.75, 3.05) is 12.3 Å². The number of allylic oxidation sites excluding steroid dienone is 1. The Morgan fingerprint density at radius 3 is 2.56 bits per heavy atom. The molecule has 0 aliphatic heterocycles. The van der Waals surface area contributed by atoms with Gasteiger partial charge in [-0.25, -0.2) is 18.9 Å². The summed E-state index contributed by atoms with van der Waals surface area (Å²) in [6, 6.07) is 5.15. The number of amides is 1. The number of hydrogen-bond acceptors (Lipinski definition) is 6. The summed E-state index contributed by atoms with van der Waals surface area (Å²) in [7, 11) is -4.70. The van der Waals surface area contributed by atoms with E-state index >= 15 is 0 Å². The van der Waals surface area contributed by atoms with Gasteiger partial charge in [-0.3, -0.25) is 9.32 Å². The van der Waals surface area contributed by atoms with E-state index in [1.54, 1.807) is 13.8 Å². The van der Waals surface area contributed by atoms with E-state index in [2.05, 4.69) is 14.5 Å². The van der Waals surface area contributed by atoms with Crippen LogP contribution in [0.3, 0.4) is 0 Å². The number of rotatable bonds is 10. The van der Waals surface area contributed by atoms with Gasteiger partial charge in [-0.1, -0.05) is 0 Å². The molecule has 0 saturated carbocycles. The van der Waals surface area contributed by atoms with E-state index < -0.39 is 13.6 Å². The molecule has 0 saturated heterocycles. The maximum absolute atomic E-state index is 13.2. The summed E-state index contributed by atoms with van der Waals surface area (Å²) < 4.78 is 28.7. The van der Waals surface area contributed by atoms with Crippen molar-refractivity contribution in [3.8, 4) is 0 Å². The van der Waals surface area contributed by atoms with E-state index in [9.17, 15) is 18.9 Å². The summed E-state index contributed by atoms with van der Waals surface area (Å²) >= 11 is 0.243. The zero-order valence-corrected chi connectivity index (χ0v) is 19.1. The second-order valence-corrected chi connectivity index (χ2v) is 9.04. The van der Waals surface area contributed by atoms with E-state index in [4.69, 9.17) is 15.5 Å². The summed E-state index contributed by atoms with van der Waals surface area (Å²) in [5.74, 6) is 0.218. The van der Waals surface area contributed by atoms with E-state index in [0.29, 0.717) is 34.0 Å². The molecule has 0 atom stereocenters. The van der Waals surface area contributed by atoms with Gasteiger partial charge in [0.05, 0.1) is 13.2 Å². The zero-order chi connectivity index (χ0) is 23.9. The minimum atomic E-state index is -4.70. The van der Waals surface area contributed by atoms with Crippen LogP contribution in [0.15, 0.2) is 41.1 Å². The number of nitrogens with two attached hydrogens (primary N) is 1. The molecule has 2 aromatic rings. The second-order valence-electron chi connectivity index (χ2n) is 6.61. The molecule has 1 aromatic carbocycles. The Morgan fingerprint density at radius 2 is 2.00 bits per heavy atom. The number of anilines is 1. The van der Waals surface area contributed by atoms with Crippen molar-refractivity contribution >= 4 is 36.5 Å². The first-order valence-corrected chi connectivity index (χ1v) is 11.7. The van der Waals surface area contributed by atoms with Crippen LogP contribution in [-0.4, -0.2) is 47.8 Å². The molecule has 1 amide bonds. The monoisotopic (exact) mass is 486 g/mol. The lowest BCUT2D eigenvalue weighted by Crippen LogP contribution is -2.22.